The van der Waals surface area contributed by atoms with Crippen LogP contribution in [-0.2, 0) is 12.8 Å². The van der Waals surface area contributed by atoms with Gasteiger partial charge in [-0.3, -0.25) is 9.69 Å². The summed E-state index contributed by atoms with van der Waals surface area (Å²) >= 11 is 0. The molecule has 2 aromatic carbocycles. The van der Waals surface area contributed by atoms with Crippen LogP contribution in [0.1, 0.15) is 54.2 Å². The zero-order chi connectivity index (χ0) is 25.2. The van der Waals surface area contributed by atoms with E-state index in [1.165, 1.54) is 5.56 Å². The highest BCUT2D eigenvalue weighted by molar-refractivity contribution is 6.00. The molecule has 0 spiro atoms. The molecule has 2 heterocycles. The van der Waals surface area contributed by atoms with Crippen LogP contribution in [0.4, 0.5) is 5.69 Å². The summed E-state index contributed by atoms with van der Waals surface area (Å²) in [6.07, 6.45) is 2.35. The van der Waals surface area contributed by atoms with Crippen molar-refractivity contribution in [1.29, 1.82) is 0 Å². The molecule has 1 amide bonds. The van der Waals surface area contributed by atoms with Gasteiger partial charge in [-0.25, -0.2) is 0 Å². The third kappa shape index (κ3) is 5.57. The number of hydrogen-bond acceptors (Lipinski definition) is 6. The van der Waals surface area contributed by atoms with E-state index in [1.54, 1.807) is 0 Å². The number of primary amides is 1. The summed E-state index contributed by atoms with van der Waals surface area (Å²) in [7, 11) is 0. The highest BCUT2D eigenvalue weighted by Crippen LogP contribution is 2.35. The van der Waals surface area contributed by atoms with Crippen molar-refractivity contribution in [3.8, 4) is 11.5 Å². The average Bonchev–Trinajstić information content (AvgIpc) is 3.23. The molecule has 190 valence electrons. The molecule has 3 N–H and O–H groups in total. The van der Waals surface area contributed by atoms with E-state index in [2.05, 4.69) is 43.6 Å². The normalized spacial score (nSPS) is 18.4. The number of nitrogens with two attached hydrogens (primary N) is 1. The van der Waals surface area contributed by atoms with Gasteiger partial charge in [0.1, 0.15) is 13.2 Å². The van der Waals surface area contributed by atoms with Gasteiger partial charge in [-0.2, -0.15) is 0 Å². The van der Waals surface area contributed by atoms with Crippen LogP contribution in [0.2, 0.25) is 0 Å². The van der Waals surface area contributed by atoms with Gasteiger partial charge < -0.3 is 25.2 Å². The molecule has 0 saturated carbocycles. The molecule has 35 heavy (non-hydrogen) atoms. The van der Waals surface area contributed by atoms with Crippen LogP contribution < -0.4 is 20.1 Å². The Morgan fingerprint density at radius 2 is 1.97 bits per heavy atom. The maximum absolute atomic E-state index is 12.4. The Morgan fingerprint density at radius 3 is 2.71 bits per heavy atom. The summed E-state index contributed by atoms with van der Waals surface area (Å²) < 4.78 is 12.3. The molecule has 0 unspecified atom stereocenters. The number of anilines is 1. The lowest BCUT2D eigenvalue weighted by Gasteiger charge is -2.41. The first-order valence-corrected chi connectivity index (χ1v) is 12.6. The van der Waals surface area contributed by atoms with E-state index in [4.69, 9.17) is 15.2 Å². The van der Waals surface area contributed by atoms with Crippen LogP contribution in [0.5, 0.6) is 11.5 Å². The van der Waals surface area contributed by atoms with Crippen molar-refractivity contribution < 1.29 is 19.4 Å². The first-order chi connectivity index (χ1) is 16.7. The highest BCUT2D eigenvalue weighted by Gasteiger charge is 2.33. The number of ether oxygens (including phenoxy) is 2. The molecule has 2 aliphatic heterocycles. The van der Waals surface area contributed by atoms with Gasteiger partial charge in [-0.05, 0) is 81.8 Å². The third-order valence-electron chi connectivity index (χ3n) is 7.18. The fourth-order valence-corrected chi connectivity index (χ4v) is 5.49. The first kappa shape index (κ1) is 25.3. The van der Waals surface area contributed by atoms with Gasteiger partial charge in [0.15, 0.2) is 11.5 Å². The largest absolute Gasteiger partial charge is 0.488 e. The minimum Gasteiger partial charge on any atom is -0.488 e. The number of rotatable bonds is 7. The van der Waals surface area contributed by atoms with Crippen molar-refractivity contribution in [2.75, 3.05) is 44.4 Å². The Kier molecular flexibility index (Phi) is 7.57. The van der Waals surface area contributed by atoms with Gasteiger partial charge in [0.25, 0.3) is 5.91 Å². The summed E-state index contributed by atoms with van der Waals surface area (Å²) in [5.41, 5.74) is 10.6. The Bertz CT molecular complexity index is 1070. The van der Waals surface area contributed by atoms with Crippen molar-refractivity contribution in [3.05, 3.63) is 52.6 Å². The zero-order valence-corrected chi connectivity index (χ0v) is 21.5. The van der Waals surface area contributed by atoms with E-state index in [-0.39, 0.29) is 18.2 Å². The minimum absolute atomic E-state index is 0.136. The van der Waals surface area contributed by atoms with Crippen LogP contribution in [0.25, 0.3) is 0 Å². The molecule has 0 fully saturated rings. The monoisotopic (exact) mass is 481 g/mol. The number of carbonyl (C=O) groups excluding carboxylic acids is 1. The summed E-state index contributed by atoms with van der Waals surface area (Å²) in [6.45, 7) is 12.3. The fourth-order valence-electron chi connectivity index (χ4n) is 5.49. The molecule has 7 nitrogen and oxygen atoms in total. The topological polar surface area (TPSA) is 88.3 Å². The van der Waals surface area contributed by atoms with Crippen LogP contribution in [0.3, 0.4) is 0 Å². The Labute approximate surface area is 208 Å². The van der Waals surface area contributed by atoms with Gasteiger partial charge in [-0.1, -0.05) is 12.1 Å². The lowest BCUT2D eigenvalue weighted by molar-refractivity contribution is 0.0332. The van der Waals surface area contributed by atoms with Crippen molar-refractivity contribution >= 4 is 11.6 Å². The molecule has 0 saturated heterocycles. The number of aliphatic hydroxyl groups is 1. The molecule has 0 aliphatic carbocycles. The smallest absolute Gasteiger partial charge is 0.250 e. The number of aryl methyl sites for hydroxylation is 1. The van der Waals surface area contributed by atoms with E-state index >= 15 is 0 Å². The Balaban J connectivity index is 1.54. The van der Waals surface area contributed by atoms with Crippen LogP contribution in [-0.4, -0.2) is 66.9 Å². The summed E-state index contributed by atoms with van der Waals surface area (Å²) in [5.74, 6) is 1.18. The van der Waals surface area contributed by atoms with E-state index in [1.807, 2.05) is 24.3 Å². The maximum atomic E-state index is 12.4. The maximum Gasteiger partial charge on any atom is 0.250 e. The fraction of sp³-hybridized carbons (Fsp3) is 0.536. The second kappa shape index (κ2) is 10.5. The van der Waals surface area contributed by atoms with Crippen molar-refractivity contribution in [2.45, 2.75) is 58.5 Å². The van der Waals surface area contributed by atoms with Crippen LogP contribution in [0.15, 0.2) is 30.3 Å². The minimum atomic E-state index is -0.399. The number of fused-ring (bicyclic) bond motifs is 2. The lowest BCUT2D eigenvalue weighted by Crippen LogP contribution is -2.54. The number of benzene rings is 2. The van der Waals surface area contributed by atoms with Gasteiger partial charge in [0.05, 0.1) is 11.3 Å². The quantitative estimate of drug-likeness (QED) is 0.631. The summed E-state index contributed by atoms with van der Waals surface area (Å²) in [4.78, 5) is 17.0. The second-order valence-corrected chi connectivity index (χ2v) is 10.5. The van der Waals surface area contributed by atoms with E-state index in [0.29, 0.717) is 25.2 Å². The molecule has 2 aliphatic rings. The predicted molar refractivity (Wildman–Crippen MR) is 139 cm³/mol. The molecule has 2 aromatic rings. The molecule has 0 aromatic heterocycles. The number of nitrogens with zero attached hydrogens (tertiary/aromatic N) is 2. The predicted octanol–water partition coefficient (Wildman–Crippen LogP) is 3.32. The highest BCUT2D eigenvalue weighted by atomic mass is 16.5. The molecule has 1 atom stereocenters. The van der Waals surface area contributed by atoms with Crippen molar-refractivity contribution in [3.63, 3.8) is 0 Å². The van der Waals surface area contributed by atoms with Gasteiger partial charge in [-0.15, -0.1) is 0 Å². The Morgan fingerprint density at radius 1 is 1.17 bits per heavy atom. The number of amides is 1. The van der Waals surface area contributed by atoms with Crippen molar-refractivity contribution in [1.82, 2.24) is 4.90 Å². The van der Waals surface area contributed by atoms with Gasteiger partial charge >= 0.3 is 0 Å². The van der Waals surface area contributed by atoms with Crippen molar-refractivity contribution in [2.24, 2.45) is 5.73 Å². The van der Waals surface area contributed by atoms with Gasteiger partial charge in [0.2, 0.25) is 0 Å². The number of aliphatic hydroxyl groups excluding tert-OH is 1. The zero-order valence-electron chi connectivity index (χ0n) is 21.5. The van der Waals surface area contributed by atoms with E-state index in [0.717, 1.165) is 60.8 Å². The van der Waals surface area contributed by atoms with E-state index in [9.17, 15) is 9.90 Å². The second-order valence-electron chi connectivity index (χ2n) is 10.5. The van der Waals surface area contributed by atoms with Gasteiger partial charge in [0, 0.05) is 37.8 Å². The summed E-state index contributed by atoms with van der Waals surface area (Å²) in [6, 6.07) is 10.4. The number of carbonyl (C=O) groups is 1. The van der Waals surface area contributed by atoms with Crippen LogP contribution in [0, 0.1) is 6.92 Å². The van der Waals surface area contributed by atoms with E-state index < -0.39 is 5.91 Å². The third-order valence-corrected chi connectivity index (χ3v) is 7.18. The standard InChI is InChI=1S/C28H39N3O4/c1-19-6-7-24-25(14-19)35-18-28(3,4)31(11-13-34-24)20(2)15-21-16-22-8-10-30(9-5-12-32)26(22)23(17-21)27(29)33/h6-7,14,16-17,20,32H,5,8-13,15,18H2,1-4H3,(H2,29,33)/t20-/m1/s1. The molecule has 7 heteroatoms. The molecular weight excluding hydrogens is 442 g/mol. The average molecular weight is 482 g/mol. The molecule has 0 radical (unpaired) electrons. The molecular formula is C28H39N3O4. The molecule has 0 bridgehead atoms. The lowest BCUT2D eigenvalue weighted by atomic mass is 9.95. The van der Waals surface area contributed by atoms with Crippen LogP contribution >= 0.6 is 0 Å². The summed E-state index contributed by atoms with van der Waals surface area (Å²) in [5, 5.41) is 9.24. The molecule has 4 rings (SSSR count). The first-order valence-electron chi connectivity index (χ1n) is 12.6. The number of hydrogen-bond donors (Lipinski definition) is 2. The Hall–Kier alpha value is -2.77. The SMILES string of the molecule is Cc1ccc2c(c1)OCC(C)(C)N([C@H](C)Cc1cc3c(c(C(N)=O)c1)N(CCCO)CC3)CCO2.